The Labute approximate surface area is 125 Å². The fourth-order valence-corrected chi connectivity index (χ4v) is 1.97. The van der Waals surface area contributed by atoms with Gasteiger partial charge in [-0.25, -0.2) is 4.39 Å². The summed E-state index contributed by atoms with van der Waals surface area (Å²) in [6.45, 7) is 6.30. The zero-order valence-electron chi connectivity index (χ0n) is 12.8. The number of amidine groups is 1. The number of oxime groups is 1. The molecule has 0 bridgehead atoms. The zero-order chi connectivity index (χ0) is 15.9. The zero-order valence-corrected chi connectivity index (χ0v) is 12.8. The lowest BCUT2D eigenvalue weighted by atomic mass is 9.89. The number of nitrogens with two attached hydrogens (primary N) is 1. The monoisotopic (exact) mass is 297 g/mol. The summed E-state index contributed by atoms with van der Waals surface area (Å²) in [4.78, 5) is 0. The third-order valence-electron chi connectivity index (χ3n) is 3.28. The lowest BCUT2D eigenvalue weighted by Gasteiger charge is -2.24. The predicted molar refractivity (Wildman–Crippen MR) is 80.9 cm³/mol. The van der Waals surface area contributed by atoms with Crippen molar-refractivity contribution >= 4 is 5.84 Å². The summed E-state index contributed by atoms with van der Waals surface area (Å²) < 4.78 is 18.6. The molecule has 0 amide bonds. The van der Waals surface area contributed by atoms with Crippen LogP contribution in [-0.2, 0) is 11.3 Å². The number of benzene rings is 1. The minimum atomic E-state index is -0.408. The van der Waals surface area contributed by atoms with Crippen LogP contribution in [0.15, 0.2) is 23.4 Å². The minimum Gasteiger partial charge on any atom is -0.409 e. The van der Waals surface area contributed by atoms with Gasteiger partial charge in [0.25, 0.3) is 0 Å². The summed E-state index contributed by atoms with van der Waals surface area (Å²) in [6.07, 6.45) is 0.940. The molecular weight excluding hydrogens is 273 g/mol. The van der Waals surface area contributed by atoms with Crippen molar-refractivity contribution in [2.75, 3.05) is 20.3 Å². The highest BCUT2D eigenvalue weighted by Gasteiger charge is 2.16. The second-order valence-corrected chi connectivity index (χ2v) is 5.84. The highest BCUT2D eigenvalue weighted by atomic mass is 19.1. The Morgan fingerprint density at radius 2 is 2.14 bits per heavy atom. The van der Waals surface area contributed by atoms with E-state index in [1.807, 2.05) is 0 Å². The number of hydrogen-bond acceptors (Lipinski definition) is 4. The highest BCUT2D eigenvalue weighted by molar-refractivity contribution is 5.97. The average Bonchev–Trinajstić information content (AvgIpc) is 2.43. The summed E-state index contributed by atoms with van der Waals surface area (Å²) in [5, 5.41) is 14.8. The third-order valence-corrected chi connectivity index (χ3v) is 3.28. The van der Waals surface area contributed by atoms with Gasteiger partial charge in [0.05, 0.1) is 0 Å². The quantitative estimate of drug-likeness (QED) is 0.297. The molecule has 0 aromatic heterocycles. The van der Waals surface area contributed by atoms with Crippen molar-refractivity contribution in [2.24, 2.45) is 16.3 Å². The van der Waals surface area contributed by atoms with Gasteiger partial charge in [0.15, 0.2) is 5.84 Å². The molecule has 0 saturated carbocycles. The Bertz CT molecular complexity index is 490. The van der Waals surface area contributed by atoms with Crippen LogP contribution in [0.4, 0.5) is 4.39 Å². The summed E-state index contributed by atoms with van der Waals surface area (Å²) in [6, 6.07) is 4.37. The Morgan fingerprint density at radius 1 is 1.43 bits per heavy atom. The van der Waals surface area contributed by atoms with Gasteiger partial charge in [-0.2, -0.15) is 0 Å². The molecule has 1 rings (SSSR count). The van der Waals surface area contributed by atoms with E-state index in [-0.39, 0.29) is 11.3 Å². The summed E-state index contributed by atoms with van der Waals surface area (Å²) >= 11 is 0. The van der Waals surface area contributed by atoms with Crippen molar-refractivity contribution in [3.63, 3.8) is 0 Å². The molecule has 1 aromatic rings. The first-order valence-electron chi connectivity index (χ1n) is 6.85. The first-order chi connectivity index (χ1) is 9.88. The highest BCUT2D eigenvalue weighted by Crippen LogP contribution is 2.19. The van der Waals surface area contributed by atoms with E-state index in [4.69, 9.17) is 15.7 Å². The lowest BCUT2D eigenvalue weighted by Crippen LogP contribution is -2.30. The van der Waals surface area contributed by atoms with Crippen molar-refractivity contribution in [3.05, 3.63) is 35.1 Å². The molecular formula is C15H24FN3O2. The Kier molecular flexibility index (Phi) is 6.58. The lowest BCUT2D eigenvalue weighted by molar-refractivity contribution is 0.150. The maximum atomic E-state index is 13.5. The van der Waals surface area contributed by atoms with Gasteiger partial charge < -0.3 is 21.0 Å². The largest absolute Gasteiger partial charge is 0.409 e. The maximum Gasteiger partial charge on any atom is 0.170 e. The molecule has 0 heterocycles. The summed E-state index contributed by atoms with van der Waals surface area (Å²) in [5.41, 5.74) is 6.70. The van der Waals surface area contributed by atoms with Gasteiger partial charge in [-0.1, -0.05) is 19.0 Å². The van der Waals surface area contributed by atoms with Gasteiger partial charge in [0.2, 0.25) is 0 Å². The molecule has 0 aliphatic rings. The van der Waals surface area contributed by atoms with Gasteiger partial charge in [0.1, 0.15) is 5.82 Å². The number of ether oxygens (including phenoxy) is 1. The van der Waals surface area contributed by atoms with Crippen molar-refractivity contribution in [1.29, 1.82) is 0 Å². The van der Waals surface area contributed by atoms with Crippen LogP contribution < -0.4 is 11.1 Å². The van der Waals surface area contributed by atoms with E-state index in [9.17, 15) is 4.39 Å². The molecule has 21 heavy (non-hydrogen) atoms. The van der Waals surface area contributed by atoms with E-state index >= 15 is 0 Å². The van der Waals surface area contributed by atoms with Gasteiger partial charge in [0, 0.05) is 32.4 Å². The molecule has 0 spiro atoms. The topological polar surface area (TPSA) is 79.9 Å². The summed E-state index contributed by atoms with van der Waals surface area (Å²) in [7, 11) is 1.69. The van der Waals surface area contributed by atoms with Crippen LogP contribution in [0.1, 0.15) is 31.4 Å². The van der Waals surface area contributed by atoms with E-state index in [0.29, 0.717) is 18.7 Å². The molecule has 118 valence electrons. The second kappa shape index (κ2) is 7.95. The van der Waals surface area contributed by atoms with Crippen LogP contribution in [0.2, 0.25) is 0 Å². The minimum absolute atomic E-state index is 0.0950. The fraction of sp³-hybridized carbons (Fsp3) is 0.533. The van der Waals surface area contributed by atoms with Crippen molar-refractivity contribution in [2.45, 2.75) is 26.8 Å². The third kappa shape index (κ3) is 6.10. The van der Waals surface area contributed by atoms with Gasteiger partial charge >= 0.3 is 0 Å². The SMILES string of the molecule is COCCC(C)(C)CNCc1cc(F)cc(/C(N)=N/O)c1. The van der Waals surface area contributed by atoms with Crippen LogP contribution in [-0.4, -0.2) is 31.3 Å². The van der Waals surface area contributed by atoms with Crippen molar-refractivity contribution in [3.8, 4) is 0 Å². The van der Waals surface area contributed by atoms with E-state index < -0.39 is 5.82 Å². The molecule has 0 fully saturated rings. The predicted octanol–water partition coefficient (Wildman–Crippen LogP) is 2.07. The van der Waals surface area contributed by atoms with Gasteiger partial charge in [-0.15, -0.1) is 0 Å². The standard InChI is InChI=1S/C15H24FN3O2/c1-15(2,4-5-21-3)10-18-9-11-6-12(14(17)19-20)8-13(16)7-11/h6-8,18,20H,4-5,9-10H2,1-3H3,(H2,17,19). The van der Waals surface area contributed by atoms with Gasteiger partial charge in [-0.05, 0) is 35.6 Å². The number of rotatable bonds is 8. The number of hydrogen-bond donors (Lipinski definition) is 3. The fourth-order valence-electron chi connectivity index (χ4n) is 1.97. The molecule has 0 saturated heterocycles. The number of methoxy groups -OCH3 is 1. The van der Waals surface area contributed by atoms with Crippen molar-refractivity contribution in [1.82, 2.24) is 5.32 Å². The van der Waals surface area contributed by atoms with E-state index in [1.165, 1.54) is 12.1 Å². The Balaban J connectivity index is 2.61. The van der Waals surface area contributed by atoms with Crippen molar-refractivity contribution < 1.29 is 14.3 Å². The molecule has 0 unspecified atom stereocenters. The molecule has 4 N–H and O–H groups in total. The number of nitrogens with zero attached hydrogens (tertiary/aromatic N) is 1. The molecule has 0 aliphatic heterocycles. The Hall–Kier alpha value is -1.66. The first kappa shape index (κ1) is 17.4. The number of halogens is 1. The average molecular weight is 297 g/mol. The van der Waals surface area contributed by atoms with Gasteiger partial charge in [-0.3, -0.25) is 0 Å². The molecule has 5 nitrogen and oxygen atoms in total. The normalized spacial score (nSPS) is 12.7. The van der Waals surface area contributed by atoms with E-state index in [0.717, 1.165) is 18.5 Å². The Morgan fingerprint density at radius 3 is 2.76 bits per heavy atom. The maximum absolute atomic E-state index is 13.5. The van der Waals surface area contributed by atoms with Crippen LogP contribution in [0.3, 0.4) is 0 Å². The summed E-state index contributed by atoms with van der Waals surface area (Å²) in [5.74, 6) is -0.509. The molecule has 0 atom stereocenters. The van der Waals surface area contributed by atoms with E-state index in [1.54, 1.807) is 13.2 Å². The molecule has 1 aromatic carbocycles. The molecule has 0 aliphatic carbocycles. The smallest absolute Gasteiger partial charge is 0.170 e. The van der Waals surface area contributed by atoms with Crippen LogP contribution in [0.5, 0.6) is 0 Å². The molecule has 6 heteroatoms. The van der Waals surface area contributed by atoms with Crippen LogP contribution >= 0.6 is 0 Å². The molecule has 0 radical (unpaired) electrons. The van der Waals surface area contributed by atoms with E-state index in [2.05, 4.69) is 24.3 Å². The van der Waals surface area contributed by atoms with Crippen LogP contribution in [0, 0.1) is 11.2 Å². The number of nitrogens with one attached hydrogen (secondary N) is 1. The van der Waals surface area contributed by atoms with Crippen LogP contribution in [0.25, 0.3) is 0 Å². The first-order valence-corrected chi connectivity index (χ1v) is 6.85. The second-order valence-electron chi connectivity index (χ2n) is 5.84.